The van der Waals surface area contributed by atoms with Crippen molar-refractivity contribution in [2.75, 3.05) is 13.1 Å². The molecule has 3 aromatic heterocycles. The van der Waals surface area contributed by atoms with E-state index >= 15 is 0 Å². The minimum absolute atomic E-state index is 0.0151. The SMILES string of the molecule is Cc1cc2ccc(C(=O)NCC(O)CNC(=O)c3nc[nH]c3C)cn2c1. The van der Waals surface area contributed by atoms with Gasteiger partial charge >= 0.3 is 0 Å². The number of rotatable bonds is 6. The first kappa shape index (κ1) is 17.7. The number of hydrogen-bond donors (Lipinski definition) is 4. The maximum absolute atomic E-state index is 12.2. The van der Waals surface area contributed by atoms with E-state index in [1.807, 2.05) is 29.7 Å². The van der Waals surface area contributed by atoms with E-state index in [-0.39, 0.29) is 30.6 Å². The van der Waals surface area contributed by atoms with Crippen LogP contribution in [0.3, 0.4) is 0 Å². The lowest BCUT2D eigenvalue weighted by Gasteiger charge is -2.13. The first-order valence-electron chi connectivity index (χ1n) is 8.27. The molecule has 0 spiro atoms. The molecule has 0 aliphatic heterocycles. The number of amides is 2. The Labute approximate surface area is 150 Å². The third kappa shape index (κ3) is 3.92. The van der Waals surface area contributed by atoms with E-state index in [0.29, 0.717) is 11.3 Å². The Morgan fingerprint density at radius 2 is 1.92 bits per heavy atom. The highest BCUT2D eigenvalue weighted by Crippen LogP contribution is 2.11. The molecule has 0 saturated heterocycles. The van der Waals surface area contributed by atoms with Crippen LogP contribution in [-0.2, 0) is 0 Å². The predicted molar refractivity (Wildman–Crippen MR) is 96.1 cm³/mol. The molecule has 0 radical (unpaired) electrons. The van der Waals surface area contributed by atoms with Crippen LogP contribution in [0.25, 0.3) is 5.52 Å². The summed E-state index contributed by atoms with van der Waals surface area (Å²) >= 11 is 0. The number of nitrogens with one attached hydrogen (secondary N) is 3. The number of fused-ring (bicyclic) bond motifs is 1. The summed E-state index contributed by atoms with van der Waals surface area (Å²) in [6.45, 7) is 3.77. The van der Waals surface area contributed by atoms with Gasteiger partial charge in [0.1, 0.15) is 5.69 Å². The van der Waals surface area contributed by atoms with E-state index in [1.54, 1.807) is 19.2 Å². The zero-order chi connectivity index (χ0) is 18.7. The summed E-state index contributed by atoms with van der Waals surface area (Å²) < 4.78 is 1.88. The van der Waals surface area contributed by atoms with Gasteiger partial charge in [-0.1, -0.05) is 0 Å². The number of pyridine rings is 1. The number of imidazole rings is 1. The van der Waals surface area contributed by atoms with Crippen molar-refractivity contribution in [1.82, 2.24) is 25.0 Å². The number of aryl methyl sites for hydroxylation is 2. The molecule has 0 saturated carbocycles. The van der Waals surface area contributed by atoms with Gasteiger partial charge in [-0.3, -0.25) is 9.59 Å². The summed E-state index contributed by atoms with van der Waals surface area (Å²) in [4.78, 5) is 30.9. The number of H-pyrrole nitrogens is 1. The fourth-order valence-corrected chi connectivity index (χ4v) is 2.65. The van der Waals surface area contributed by atoms with Crippen LogP contribution in [0.1, 0.15) is 32.1 Å². The van der Waals surface area contributed by atoms with Gasteiger partial charge in [-0.05, 0) is 37.6 Å². The molecule has 0 bridgehead atoms. The summed E-state index contributed by atoms with van der Waals surface area (Å²) in [5.41, 5.74) is 3.56. The standard InChI is InChI=1S/C18H21N5O3/c1-11-5-14-4-3-13(9-23(14)8-11)17(25)19-6-15(24)7-20-18(26)16-12(2)21-10-22-16/h3-5,8-10,15,24H,6-7H2,1-2H3,(H,19,25)(H,20,26)(H,21,22). The molecule has 26 heavy (non-hydrogen) atoms. The van der Waals surface area contributed by atoms with Crippen LogP contribution < -0.4 is 10.6 Å². The summed E-state index contributed by atoms with van der Waals surface area (Å²) in [6.07, 6.45) is 4.21. The van der Waals surface area contributed by atoms with Gasteiger partial charge in [-0.2, -0.15) is 0 Å². The van der Waals surface area contributed by atoms with E-state index in [4.69, 9.17) is 0 Å². The normalized spacial score (nSPS) is 12.1. The van der Waals surface area contributed by atoms with Crippen molar-refractivity contribution in [2.24, 2.45) is 0 Å². The van der Waals surface area contributed by atoms with Crippen LogP contribution in [0.2, 0.25) is 0 Å². The Bertz CT molecular complexity index is 943. The molecule has 0 fully saturated rings. The van der Waals surface area contributed by atoms with Gasteiger partial charge in [0.05, 0.1) is 18.0 Å². The minimum Gasteiger partial charge on any atom is -0.389 e. The Morgan fingerprint density at radius 1 is 1.19 bits per heavy atom. The van der Waals surface area contributed by atoms with E-state index in [0.717, 1.165) is 11.1 Å². The number of carbonyl (C=O) groups excluding carboxylic acids is 2. The summed E-state index contributed by atoms with van der Waals surface area (Å²) in [5, 5.41) is 15.2. The largest absolute Gasteiger partial charge is 0.389 e. The van der Waals surface area contributed by atoms with Crippen molar-refractivity contribution in [3.63, 3.8) is 0 Å². The zero-order valence-corrected chi connectivity index (χ0v) is 14.6. The Kier molecular flexibility index (Phi) is 5.04. The molecule has 1 atom stereocenters. The van der Waals surface area contributed by atoms with Crippen molar-refractivity contribution in [3.05, 3.63) is 59.4 Å². The van der Waals surface area contributed by atoms with Gasteiger partial charge in [0.25, 0.3) is 11.8 Å². The van der Waals surface area contributed by atoms with Crippen molar-refractivity contribution < 1.29 is 14.7 Å². The summed E-state index contributed by atoms with van der Waals surface area (Å²) in [6, 6.07) is 5.62. The quantitative estimate of drug-likeness (QED) is 0.524. The molecule has 3 rings (SSSR count). The number of carbonyl (C=O) groups is 2. The zero-order valence-electron chi connectivity index (χ0n) is 14.6. The molecular formula is C18H21N5O3. The smallest absolute Gasteiger partial charge is 0.271 e. The minimum atomic E-state index is -0.903. The highest BCUT2D eigenvalue weighted by molar-refractivity contribution is 5.94. The lowest BCUT2D eigenvalue weighted by Crippen LogP contribution is -2.40. The third-order valence-electron chi connectivity index (χ3n) is 4.03. The third-order valence-corrected chi connectivity index (χ3v) is 4.03. The average Bonchev–Trinajstić information content (AvgIpc) is 3.21. The highest BCUT2D eigenvalue weighted by atomic mass is 16.3. The van der Waals surface area contributed by atoms with Crippen molar-refractivity contribution in [2.45, 2.75) is 20.0 Å². The first-order chi connectivity index (χ1) is 12.4. The van der Waals surface area contributed by atoms with Crippen molar-refractivity contribution in [1.29, 1.82) is 0 Å². The number of aliphatic hydroxyl groups excluding tert-OH is 1. The second kappa shape index (κ2) is 7.40. The fraction of sp³-hybridized carbons (Fsp3) is 0.278. The van der Waals surface area contributed by atoms with Gasteiger partial charge in [0.2, 0.25) is 0 Å². The maximum Gasteiger partial charge on any atom is 0.271 e. The van der Waals surface area contributed by atoms with Crippen molar-refractivity contribution >= 4 is 17.3 Å². The van der Waals surface area contributed by atoms with Gasteiger partial charge in [0, 0.05) is 36.7 Å². The molecule has 0 aliphatic rings. The number of nitrogens with zero attached hydrogens (tertiary/aromatic N) is 2. The highest BCUT2D eigenvalue weighted by Gasteiger charge is 2.14. The average molecular weight is 355 g/mol. The number of aromatic amines is 1. The van der Waals surface area contributed by atoms with Crippen LogP contribution in [0.4, 0.5) is 0 Å². The summed E-state index contributed by atoms with van der Waals surface area (Å²) in [7, 11) is 0. The van der Waals surface area contributed by atoms with E-state index in [1.165, 1.54) is 6.33 Å². The molecule has 0 aliphatic carbocycles. The molecule has 8 nitrogen and oxygen atoms in total. The van der Waals surface area contributed by atoms with Crippen LogP contribution >= 0.6 is 0 Å². The predicted octanol–water partition coefficient (Wildman–Crippen LogP) is 0.800. The van der Waals surface area contributed by atoms with Gasteiger partial charge in [0.15, 0.2) is 0 Å². The second-order valence-corrected chi connectivity index (χ2v) is 6.22. The van der Waals surface area contributed by atoms with Crippen LogP contribution in [0.5, 0.6) is 0 Å². The molecular weight excluding hydrogens is 334 g/mol. The number of aliphatic hydroxyl groups is 1. The number of hydrogen-bond acceptors (Lipinski definition) is 4. The first-order valence-corrected chi connectivity index (χ1v) is 8.27. The molecule has 3 heterocycles. The van der Waals surface area contributed by atoms with E-state index < -0.39 is 6.10 Å². The Morgan fingerprint density at radius 3 is 2.62 bits per heavy atom. The molecule has 8 heteroatoms. The monoisotopic (exact) mass is 355 g/mol. The fourth-order valence-electron chi connectivity index (χ4n) is 2.65. The van der Waals surface area contributed by atoms with Crippen LogP contribution in [-0.4, -0.2) is 50.5 Å². The van der Waals surface area contributed by atoms with Crippen LogP contribution in [0.15, 0.2) is 36.9 Å². The molecule has 0 aromatic carbocycles. The lowest BCUT2D eigenvalue weighted by molar-refractivity contribution is 0.0882. The maximum atomic E-state index is 12.2. The Balaban J connectivity index is 1.50. The van der Waals surface area contributed by atoms with E-state index in [9.17, 15) is 14.7 Å². The van der Waals surface area contributed by atoms with E-state index in [2.05, 4.69) is 20.6 Å². The van der Waals surface area contributed by atoms with Crippen LogP contribution in [0, 0.1) is 13.8 Å². The number of aromatic nitrogens is 3. The molecule has 136 valence electrons. The molecule has 2 amide bonds. The molecule has 1 unspecified atom stereocenters. The van der Waals surface area contributed by atoms with Gasteiger partial charge in [-0.15, -0.1) is 0 Å². The van der Waals surface area contributed by atoms with Gasteiger partial charge < -0.3 is 25.1 Å². The topological polar surface area (TPSA) is 112 Å². The lowest BCUT2D eigenvalue weighted by atomic mass is 10.2. The second-order valence-electron chi connectivity index (χ2n) is 6.22. The summed E-state index contributed by atoms with van der Waals surface area (Å²) in [5.74, 6) is -0.658. The molecule has 3 aromatic rings. The molecule has 4 N–H and O–H groups in total. The van der Waals surface area contributed by atoms with Crippen molar-refractivity contribution in [3.8, 4) is 0 Å². The van der Waals surface area contributed by atoms with Gasteiger partial charge in [-0.25, -0.2) is 4.98 Å². The Hall–Kier alpha value is -3.13.